The van der Waals surface area contributed by atoms with Crippen LogP contribution in [-0.4, -0.2) is 86.9 Å². The third kappa shape index (κ3) is 5.63. The van der Waals surface area contributed by atoms with Gasteiger partial charge in [-0.2, -0.15) is 0 Å². The summed E-state index contributed by atoms with van der Waals surface area (Å²) in [7, 11) is 0.163. The SMILES string of the molecule is Cc1cc(N2CCC(F)(F)C2)cc2c(N3CCc4ccc(S(=O)(=O)N(C)CC5CCN(C)CC5)cc4C3)ncnc12. The molecule has 0 saturated carbocycles. The number of hydrogen-bond donors (Lipinski definition) is 0. The first-order chi connectivity index (χ1) is 19.5. The monoisotopic (exact) mass is 584 g/mol. The number of hydrogen-bond acceptors (Lipinski definition) is 7. The van der Waals surface area contributed by atoms with Crippen molar-refractivity contribution in [2.75, 3.05) is 63.2 Å². The lowest BCUT2D eigenvalue weighted by Gasteiger charge is -2.32. The Kier molecular flexibility index (Phi) is 7.40. The number of aromatic nitrogens is 2. The van der Waals surface area contributed by atoms with E-state index in [2.05, 4.69) is 26.8 Å². The van der Waals surface area contributed by atoms with Crippen LogP contribution in [-0.2, 0) is 23.0 Å². The maximum Gasteiger partial charge on any atom is 0.266 e. The summed E-state index contributed by atoms with van der Waals surface area (Å²) < 4.78 is 56.6. The predicted molar refractivity (Wildman–Crippen MR) is 157 cm³/mol. The summed E-state index contributed by atoms with van der Waals surface area (Å²) in [4.78, 5) is 15.6. The van der Waals surface area contributed by atoms with Gasteiger partial charge in [-0.15, -0.1) is 0 Å². The number of alkyl halides is 2. The third-order valence-electron chi connectivity index (χ3n) is 8.98. The summed E-state index contributed by atoms with van der Waals surface area (Å²) >= 11 is 0. The first kappa shape index (κ1) is 28.2. The molecule has 3 aliphatic heterocycles. The Balaban J connectivity index is 1.26. The third-order valence-corrected chi connectivity index (χ3v) is 10.8. The van der Waals surface area contributed by atoms with Gasteiger partial charge in [0.15, 0.2) is 0 Å². The van der Waals surface area contributed by atoms with Crippen molar-refractivity contribution in [1.82, 2.24) is 19.2 Å². The van der Waals surface area contributed by atoms with Gasteiger partial charge in [0.05, 0.1) is 17.0 Å². The Morgan fingerprint density at radius 1 is 1.02 bits per heavy atom. The molecule has 0 N–H and O–H groups in total. The van der Waals surface area contributed by atoms with Crippen molar-refractivity contribution in [2.45, 2.75) is 50.0 Å². The first-order valence-electron chi connectivity index (χ1n) is 14.4. The van der Waals surface area contributed by atoms with Crippen LogP contribution in [0.5, 0.6) is 0 Å². The second-order valence-electron chi connectivity index (χ2n) is 12.0. The fraction of sp³-hybridized carbons (Fsp3) is 0.533. The van der Waals surface area contributed by atoms with Gasteiger partial charge in [0.2, 0.25) is 10.0 Å². The lowest BCUT2D eigenvalue weighted by molar-refractivity contribution is 0.0257. The van der Waals surface area contributed by atoms with Gasteiger partial charge < -0.3 is 14.7 Å². The largest absolute Gasteiger partial charge is 0.365 e. The van der Waals surface area contributed by atoms with E-state index in [1.165, 1.54) is 4.31 Å². The molecule has 2 aromatic carbocycles. The Morgan fingerprint density at radius 2 is 1.80 bits per heavy atom. The smallest absolute Gasteiger partial charge is 0.266 e. The number of rotatable bonds is 6. The predicted octanol–water partition coefficient (Wildman–Crippen LogP) is 4.31. The molecule has 4 heterocycles. The molecule has 2 saturated heterocycles. The minimum Gasteiger partial charge on any atom is -0.365 e. The highest BCUT2D eigenvalue weighted by Crippen LogP contribution is 2.36. The van der Waals surface area contributed by atoms with Gasteiger partial charge >= 0.3 is 0 Å². The molecular weight excluding hydrogens is 546 g/mol. The van der Waals surface area contributed by atoms with Crippen LogP contribution in [0.3, 0.4) is 0 Å². The molecule has 11 heteroatoms. The number of nitrogens with zero attached hydrogens (tertiary/aromatic N) is 6. The minimum atomic E-state index is -3.62. The van der Waals surface area contributed by atoms with E-state index < -0.39 is 15.9 Å². The highest BCUT2D eigenvalue weighted by atomic mass is 32.2. The van der Waals surface area contributed by atoms with Crippen LogP contribution in [0.1, 0.15) is 36.0 Å². The molecule has 0 atom stereocenters. The van der Waals surface area contributed by atoms with Crippen LogP contribution >= 0.6 is 0 Å². The van der Waals surface area contributed by atoms with Gasteiger partial charge in [0.25, 0.3) is 5.92 Å². The summed E-state index contributed by atoms with van der Waals surface area (Å²) in [6, 6.07) is 9.33. The number of piperidine rings is 1. The van der Waals surface area contributed by atoms with Gasteiger partial charge in [-0.3, -0.25) is 0 Å². The van der Waals surface area contributed by atoms with Gasteiger partial charge in [-0.1, -0.05) is 6.07 Å². The average molecular weight is 585 g/mol. The maximum absolute atomic E-state index is 14.0. The molecule has 8 nitrogen and oxygen atoms in total. The minimum absolute atomic E-state index is 0.149. The summed E-state index contributed by atoms with van der Waals surface area (Å²) in [5.41, 5.74) is 4.55. The number of halogens is 2. The van der Waals surface area contributed by atoms with Crippen LogP contribution in [0.15, 0.2) is 41.6 Å². The molecule has 6 rings (SSSR count). The van der Waals surface area contributed by atoms with E-state index in [4.69, 9.17) is 0 Å². The summed E-state index contributed by atoms with van der Waals surface area (Å²) in [6.07, 6.45) is 4.16. The molecule has 220 valence electrons. The molecule has 2 fully saturated rings. The first-order valence-corrected chi connectivity index (χ1v) is 15.8. The molecule has 0 spiro atoms. The lowest BCUT2D eigenvalue weighted by atomic mass is 9.97. The molecular formula is C30H38F2N6O2S. The van der Waals surface area contributed by atoms with Crippen molar-refractivity contribution in [3.63, 3.8) is 0 Å². The average Bonchev–Trinajstić information content (AvgIpc) is 3.32. The topological polar surface area (TPSA) is 72.9 Å². The van der Waals surface area contributed by atoms with Crippen LogP contribution in [0.4, 0.5) is 20.3 Å². The number of likely N-dealkylation sites (tertiary alicyclic amines) is 1. The van der Waals surface area contributed by atoms with Gasteiger partial charge in [-0.25, -0.2) is 31.5 Å². The molecule has 0 bridgehead atoms. The van der Waals surface area contributed by atoms with Crippen molar-refractivity contribution >= 4 is 32.4 Å². The number of fused-ring (bicyclic) bond motifs is 2. The number of aryl methyl sites for hydroxylation is 1. The molecule has 0 amide bonds. The number of benzene rings is 2. The summed E-state index contributed by atoms with van der Waals surface area (Å²) in [6.45, 7) is 5.70. The van der Waals surface area contributed by atoms with Crippen LogP contribution in [0, 0.1) is 12.8 Å². The molecule has 0 radical (unpaired) electrons. The molecule has 0 unspecified atom stereocenters. The quantitative estimate of drug-likeness (QED) is 0.428. The van der Waals surface area contributed by atoms with E-state index in [0.717, 1.165) is 71.5 Å². The highest BCUT2D eigenvalue weighted by Gasteiger charge is 2.38. The van der Waals surface area contributed by atoms with E-state index in [0.29, 0.717) is 37.0 Å². The molecule has 0 aliphatic carbocycles. The van der Waals surface area contributed by atoms with Crippen molar-refractivity contribution in [3.05, 3.63) is 53.3 Å². The van der Waals surface area contributed by atoms with Crippen LogP contribution < -0.4 is 9.80 Å². The Hall–Kier alpha value is -2.89. The number of anilines is 2. The Bertz CT molecular complexity index is 1560. The van der Waals surface area contributed by atoms with Crippen molar-refractivity contribution < 1.29 is 17.2 Å². The highest BCUT2D eigenvalue weighted by molar-refractivity contribution is 7.89. The van der Waals surface area contributed by atoms with Crippen LogP contribution in [0.25, 0.3) is 10.9 Å². The van der Waals surface area contributed by atoms with E-state index in [1.54, 1.807) is 24.3 Å². The second-order valence-corrected chi connectivity index (χ2v) is 14.1. The summed E-state index contributed by atoms with van der Waals surface area (Å²) in [5.74, 6) is -1.58. The number of sulfonamides is 1. The van der Waals surface area contributed by atoms with Gasteiger partial charge in [0, 0.05) is 50.7 Å². The Morgan fingerprint density at radius 3 is 2.54 bits per heavy atom. The molecule has 1 aromatic heterocycles. The standard InChI is InChI=1S/C30H38F2N6O2S/c1-21-14-25(38-13-9-30(31,32)19-38)16-27-28(21)33-20-34-29(27)37-12-8-23-4-5-26(15-24(23)18-37)41(39,40)36(3)17-22-6-10-35(2)11-7-22/h4-5,14-16,20,22H,6-13,17-19H2,1-3H3. The van der Waals surface area contributed by atoms with E-state index in [1.807, 2.05) is 31.2 Å². The maximum atomic E-state index is 14.0. The van der Waals surface area contributed by atoms with Gasteiger partial charge in [0.1, 0.15) is 12.1 Å². The van der Waals surface area contributed by atoms with E-state index >= 15 is 0 Å². The van der Waals surface area contributed by atoms with E-state index in [9.17, 15) is 17.2 Å². The van der Waals surface area contributed by atoms with Crippen molar-refractivity contribution in [3.8, 4) is 0 Å². The molecule has 41 heavy (non-hydrogen) atoms. The second kappa shape index (κ2) is 10.7. The lowest BCUT2D eigenvalue weighted by Crippen LogP contribution is -2.38. The zero-order valence-corrected chi connectivity index (χ0v) is 24.8. The van der Waals surface area contributed by atoms with Crippen molar-refractivity contribution in [2.24, 2.45) is 5.92 Å². The zero-order chi connectivity index (χ0) is 28.9. The molecule has 3 aliphatic rings. The van der Waals surface area contributed by atoms with Crippen molar-refractivity contribution in [1.29, 1.82) is 0 Å². The van der Waals surface area contributed by atoms with Crippen LogP contribution in [0.2, 0.25) is 0 Å². The zero-order valence-electron chi connectivity index (χ0n) is 24.0. The molecule has 3 aromatic rings. The normalized spacial score (nSPS) is 20.2. The fourth-order valence-electron chi connectivity index (χ4n) is 6.47. The summed E-state index contributed by atoms with van der Waals surface area (Å²) in [5, 5.41) is 0.822. The Labute approximate surface area is 241 Å². The van der Waals surface area contributed by atoms with Gasteiger partial charge in [-0.05, 0) is 93.2 Å². The van der Waals surface area contributed by atoms with E-state index in [-0.39, 0.29) is 13.0 Å². The fourth-order valence-corrected chi connectivity index (χ4v) is 7.76.